The molecule has 1 aliphatic rings. The molecule has 1 saturated heterocycles. The van der Waals surface area contributed by atoms with E-state index in [1.165, 1.54) is 0 Å². The van der Waals surface area contributed by atoms with Gasteiger partial charge in [0, 0.05) is 31.6 Å². The summed E-state index contributed by atoms with van der Waals surface area (Å²) in [5.41, 5.74) is 8.48. The number of piperazine rings is 1. The van der Waals surface area contributed by atoms with Crippen LogP contribution >= 0.6 is 0 Å². The van der Waals surface area contributed by atoms with Crippen molar-refractivity contribution in [3.8, 4) is 0 Å². The number of primary amides is 1. The normalized spacial score (nSPS) is 14.9. The van der Waals surface area contributed by atoms with Gasteiger partial charge in [0.1, 0.15) is 17.7 Å². The maximum absolute atomic E-state index is 13.8. The quantitative estimate of drug-likeness (QED) is 0.335. The molecule has 0 aliphatic carbocycles. The van der Waals surface area contributed by atoms with Gasteiger partial charge < -0.3 is 16.0 Å². The van der Waals surface area contributed by atoms with E-state index in [1.54, 1.807) is 0 Å². The van der Waals surface area contributed by atoms with Crippen LogP contribution in [0, 0.1) is 5.92 Å². The molecule has 0 unspecified atom stereocenters. The van der Waals surface area contributed by atoms with E-state index in [9.17, 15) is 9.59 Å². The zero-order chi connectivity index (χ0) is 28.1. The van der Waals surface area contributed by atoms with Crippen LogP contribution in [0.5, 0.6) is 0 Å². The van der Waals surface area contributed by atoms with Crippen molar-refractivity contribution in [3.63, 3.8) is 0 Å². The number of fused-ring (bicyclic) bond motifs is 1. The molecule has 8 nitrogen and oxygen atoms in total. The van der Waals surface area contributed by atoms with Gasteiger partial charge in [0.15, 0.2) is 0 Å². The molecule has 8 heteroatoms. The van der Waals surface area contributed by atoms with Crippen LogP contribution in [0.2, 0.25) is 0 Å². The van der Waals surface area contributed by atoms with E-state index in [2.05, 4.69) is 10.2 Å². The molecule has 0 saturated carbocycles. The van der Waals surface area contributed by atoms with Crippen molar-refractivity contribution in [1.29, 1.82) is 0 Å². The summed E-state index contributed by atoms with van der Waals surface area (Å²) >= 11 is 0. The Morgan fingerprint density at radius 3 is 1.98 bits per heavy atom. The number of para-hydroxylation sites is 1. The second-order valence-electron chi connectivity index (χ2n) is 10.6. The van der Waals surface area contributed by atoms with E-state index in [-0.39, 0.29) is 17.7 Å². The average Bonchev–Trinajstić information content (AvgIpc) is 2.97. The molecule has 3 aromatic carbocycles. The summed E-state index contributed by atoms with van der Waals surface area (Å²) in [4.78, 5) is 39.7. The molecule has 2 heterocycles. The maximum Gasteiger partial charge on any atom is 0.240 e. The molecule has 1 atom stereocenters. The monoisotopic (exact) mass is 536 g/mol. The number of hydrogen-bond donors (Lipinski definition) is 2. The molecule has 0 radical (unpaired) electrons. The SMILES string of the molecule is CC(C)[C@H](Nc1nc(CN2CCN(C(=O)C(c3ccccc3)c3ccccc3)CC2)nc2ccccc12)C(N)=O. The van der Waals surface area contributed by atoms with Gasteiger partial charge in [-0.1, -0.05) is 86.6 Å². The van der Waals surface area contributed by atoms with Gasteiger partial charge in [0.25, 0.3) is 0 Å². The second kappa shape index (κ2) is 12.3. The first kappa shape index (κ1) is 27.3. The smallest absolute Gasteiger partial charge is 0.240 e. The molecular formula is C32H36N6O2. The zero-order valence-corrected chi connectivity index (χ0v) is 23.0. The lowest BCUT2D eigenvalue weighted by Crippen LogP contribution is -2.49. The van der Waals surface area contributed by atoms with Crippen molar-refractivity contribution in [3.05, 3.63) is 102 Å². The van der Waals surface area contributed by atoms with E-state index in [0.717, 1.165) is 35.1 Å². The molecule has 1 fully saturated rings. The van der Waals surface area contributed by atoms with Crippen molar-refractivity contribution in [2.75, 3.05) is 31.5 Å². The lowest BCUT2D eigenvalue weighted by Gasteiger charge is -2.36. The number of aromatic nitrogens is 2. The Hall–Kier alpha value is -4.30. The first-order chi connectivity index (χ1) is 19.4. The highest BCUT2D eigenvalue weighted by atomic mass is 16.2. The summed E-state index contributed by atoms with van der Waals surface area (Å²) in [6.07, 6.45) is 0. The molecule has 3 N–H and O–H groups in total. The summed E-state index contributed by atoms with van der Waals surface area (Å²) in [5, 5.41) is 4.12. The summed E-state index contributed by atoms with van der Waals surface area (Å²) in [6.45, 7) is 7.15. The predicted molar refractivity (Wildman–Crippen MR) is 158 cm³/mol. The largest absolute Gasteiger partial charge is 0.368 e. The third-order valence-electron chi connectivity index (χ3n) is 7.48. The molecule has 5 rings (SSSR count). The number of carbonyl (C=O) groups excluding carboxylic acids is 2. The first-order valence-corrected chi connectivity index (χ1v) is 13.8. The third-order valence-corrected chi connectivity index (χ3v) is 7.48. The second-order valence-corrected chi connectivity index (χ2v) is 10.6. The number of benzene rings is 3. The molecule has 1 aromatic heterocycles. The fraction of sp³-hybridized carbons (Fsp3) is 0.312. The van der Waals surface area contributed by atoms with Crippen molar-refractivity contribution in [1.82, 2.24) is 19.8 Å². The number of anilines is 1. The molecule has 1 aliphatic heterocycles. The zero-order valence-electron chi connectivity index (χ0n) is 23.0. The van der Waals surface area contributed by atoms with Gasteiger partial charge >= 0.3 is 0 Å². The number of carbonyl (C=O) groups is 2. The van der Waals surface area contributed by atoms with Crippen molar-refractivity contribution < 1.29 is 9.59 Å². The highest BCUT2D eigenvalue weighted by Crippen LogP contribution is 2.28. The van der Waals surface area contributed by atoms with Crippen LogP contribution < -0.4 is 11.1 Å². The van der Waals surface area contributed by atoms with Gasteiger partial charge in [-0.2, -0.15) is 0 Å². The Morgan fingerprint density at radius 2 is 1.40 bits per heavy atom. The topological polar surface area (TPSA) is 104 Å². The maximum atomic E-state index is 13.8. The van der Waals surface area contributed by atoms with Crippen molar-refractivity contribution in [2.24, 2.45) is 11.7 Å². The van der Waals surface area contributed by atoms with Crippen LogP contribution in [0.25, 0.3) is 10.9 Å². The van der Waals surface area contributed by atoms with Gasteiger partial charge in [-0.3, -0.25) is 14.5 Å². The van der Waals surface area contributed by atoms with Crippen LogP contribution in [0.3, 0.4) is 0 Å². The molecular weight excluding hydrogens is 500 g/mol. The van der Waals surface area contributed by atoms with Gasteiger partial charge in [0.2, 0.25) is 11.8 Å². The van der Waals surface area contributed by atoms with Crippen molar-refractivity contribution >= 4 is 28.5 Å². The van der Waals surface area contributed by atoms with E-state index in [1.807, 2.05) is 104 Å². The van der Waals surface area contributed by atoms with E-state index < -0.39 is 11.9 Å². The Bertz CT molecular complexity index is 1410. The average molecular weight is 537 g/mol. The highest BCUT2D eigenvalue weighted by molar-refractivity contribution is 5.92. The minimum Gasteiger partial charge on any atom is -0.368 e. The molecule has 2 amide bonds. The molecule has 40 heavy (non-hydrogen) atoms. The lowest BCUT2D eigenvalue weighted by atomic mass is 9.90. The minimum absolute atomic E-state index is 0.0101. The summed E-state index contributed by atoms with van der Waals surface area (Å²) in [5.74, 6) is 0.669. The van der Waals surface area contributed by atoms with E-state index in [4.69, 9.17) is 15.7 Å². The van der Waals surface area contributed by atoms with E-state index >= 15 is 0 Å². The molecule has 0 bridgehead atoms. The highest BCUT2D eigenvalue weighted by Gasteiger charge is 2.30. The Kier molecular flexibility index (Phi) is 8.36. The molecule has 206 valence electrons. The Labute approximate surface area is 235 Å². The summed E-state index contributed by atoms with van der Waals surface area (Å²) < 4.78 is 0. The Morgan fingerprint density at radius 1 is 0.825 bits per heavy atom. The standard InChI is InChI=1S/C32H36N6O2/c1-22(2)29(30(33)39)36-31-25-15-9-10-16-26(25)34-27(35-31)21-37-17-19-38(20-18-37)32(40)28(23-11-5-3-6-12-23)24-13-7-4-8-14-24/h3-16,22,28-29H,17-21H2,1-2H3,(H2,33,39)(H,34,35,36)/t29-/m0/s1. The van der Waals surface area contributed by atoms with Crippen LogP contribution in [-0.2, 0) is 16.1 Å². The number of nitrogens with zero attached hydrogens (tertiary/aromatic N) is 4. The number of amides is 2. The molecule has 0 spiro atoms. The Balaban J connectivity index is 1.30. The van der Waals surface area contributed by atoms with Crippen LogP contribution in [0.4, 0.5) is 5.82 Å². The number of hydrogen-bond acceptors (Lipinski definition) is 6. The van der Waals surface area contributed by atoms with Gasteiger partial charge in [-0.25, -0.2) is 9.97 Å². The predicted octanol–water partition coefficient (Wildman–Crippen LogP) is 4.03. The minimum atomic E-state index is -0.539. The van der Waals surface area contributed by atoms with Gasteiger partial charge in [-0.15, -0.1) is 0 Å². The van der Waals surface area contributed by atoms with Gasteiger partial charge in [-0.05, 0) is 29.2 Å². The van der Waals surface area contributed by atoms with Gasteiger partial charge in [0.05, 0.1) is 18.0 Å². The fourth-order valence-electron chi connectivity index (χ4n) is 5.30. The third kappa shape index (κ3) is 6.13. The summed E-state index contributed by atoms with van der Waals surface area (Å²) in [6, 6.07) is 27.2. The lowest BCUT2D eigenvalue weighted by molar-refractivity contribution is -0.133. The van der Waals surface area contributed by atoms with Crippen LogP contribution in [0.1, 0.15) is 36.7 Å². The number of nitrogens with two attached hydrogens (primary N) is 1. The van der Waals surface area contributed by atoms with Crippen LogP contribution in [-0.4, -0.2) is 63.8 Å². The van der Waals surface area contributed by atoms with Crippen LogP contribution in [0.15, 0.2) is 84.9 Å². The van der Waals surface area contributed by atoms with Crippen molar-refractivity contribution in [2.45, 2.75) is 32.4 Å². The number of rotatable bonds is 9. The summed E-state index contributed by atoms with van der Waals surface area (Å²) in [7, 11) is 0. The van der Waals surface area contributed by atoms with E-state index in [0.29, 0.717) is 31.3 Å². The fourth-order valence-corrected chi connectivity index (χ4v) is 5.30. The molecule has 4 aromatic rings. The first-order valence-electron chi connectivity index (χ1n) is 13.8. The number of nitrogens with one attached hydrogen (secondary N) is 1.